The molecule has 0 spiro atoms. The number of benzene rings is 1. The quantitative estimate of drug-likeness (QED) is 0.668. The van der Waals surface area contributed by atoms with E-state index in [1.54, 1.807) is 4.90 Å². The fourth-order valence-electron chi connectivity index (χ4n) is 5.65. The van der Waals surface area contributed by atoms with E-state index in [0.29, 0.717) is 25.7 Å². The zero-order valence-electron chi connectivity index (χ0n) is 20.2. The Kier molecular flexibility index (Phi) is 8.28. The zero-order chi connectivity index (χ0) is 23.3. The summed E-state index contributed by atoms with van der Waals surface area (Å²) < 4.78 is 17.6. The molecule has 1 aromatic rings. The predicted octanol–water partition coefficient (Wildman–Crippen LogP) is 3.79. The molecule has 2 aliphatic heterocycles. The predicted molar refractivity (Wildman–Crippen MR) is 126 cm³/mol. The fraction of sp³-hybridized carbons (Fsp3) is 0.731. The van der Waals surface area contributed by atoms with Gasteiger partial charge in [0.15, 0.2) is 0 Å². The minimum atomic E-state index is -0.843. The molecule has 3 atom stereocenters. The molecule has 0 radical (unpaired) electrons. The molecule has 7 nitrogen and oxygen atoms in total. The summed E-state index contributed by atoms with van der Waals surface area (Å²) in [5.74, 6) is 0.545. The summed E-state index contributed by atoms with van der Waals surface area (Å²) in [6.07, 6.45) is 5.47. The minimum Gasteiger partial charge on any atom is -0.444 e. The maximum absolute atomic E-state index is 13.4. The lowest BCUT2D eigenvalue weighted by Gasteiger charge is -2.36. The molecule has 1 saturated carbocycles. The molecule has 184 valence electrons. The van der Waals surface area contributed by atoms with Crippen molar-refractivity contribution in [3.63, 3.8) is 0 Å². The van der Waals surface area contributed by atoms with Crippen molar-refractivity contribution in [1.29, 1.82) is 0 Å². The zero-order valence-corrected chi connectivity index (χ0v) is 20.2. The average Bonchev–Trinajstić information content (AvgIpc) is 3.09. The number of hydrogen-bond donors (Lipinski definition) is 1. The maximum Gasteiger partial charge on any atom is 0.412 e. The lowest BCUT2D eigenvalue weighted by Crippen LogP contribution is -2.51. The van der Waals surface area contributed by atoms with E-state index in [1.807, 2.05) is 44.2 Å². The first kappa shape index (κ1) is 24.5. The van der Waals surface area contributed by atoms with Crippen LogP contribution in [0.1, 0.15) is 57.9 Å². The maximum atomic E-state index is 13.4. The smallest absolute Gasteiger partial charge is 0.412 e. The standard InChI is InChI=1S/C26H40N2O5/c1-26(2)28(25(30)32-19-21-11-7-4-8-12-21)22(17-20-9-5-3-6-10-20)24(33-26)23(29)18-27-13-15-31-16-14-27/h4,7-8,11-12,20,22-24,29H,3,5-6,9-10,13-19H2,1-2H3/t22-,23+,24-/m0/s1. The van der Waals surface area contributed by atoms with Gasteiger partial charge < -0.3 is 19.3 Å². The van der Waals surface area contributed by atoms with Crippen LogP contribution >= 0.6 is 0 Å². The van der Waals surface area contributed by atoms with Gasteiger partial charge in [0.05, 0.1) is 25.4 Å². The van der Waals surface area contributed by atoms with E-state index in [-0.39, 0.29) is 18.7 Å². The molecule has 2 heterocycles. The molecule has 3 aliphatic rings. The molecule has 1 amide bonds. The number of aliphatic hydroxyl groups excluding tert-OH is 1. The number of carbonyl (C=O) groups excluding carboxylic acids is 1. The third-order valence-electron chi connectivity index (χ3n) is 7.35. The molecule has 0 bridgehead atoms. The Hall–Kier alpha value is -1.67. The highest BCUT2D eigenvalue weighted by Crippen LogP contribution is 2.40. The van der Waals surface area contributed by atoms with Gasteiger partial charge in [-0.05, 0) is 31.7 Å². The van der Waals surface area contributed by atoms with E-state index in [0.717, 1.165) is 25.1 Å². The van der Waals surface area contributed by atoms with Gasteiger partial charge in [0.25, 0.3) is 0 Å². The van der Waals surface area contributed by atoms with Crippen LogP contribution in [0.15, 0.2) is 30.3 Å². The summed E-state index contributed by atoms with van der Waals surface area (Å²) >= 11 is 0. The number of ether oxygens (including phenoxy) is 3. The van der Waals surface area contributed by atoms with E-state index in [2.05, 4.69) is 4.90 Å². The second-order valence-corrected chi connectivity index (χ2v) is 10.2. The van der Waals surface area contributed by atoms with Gasteiger partial charge in [0, 0.05) is 19.6 Å². The Bertz CT molecular complexity index is 746. The number of β-amino-alcohol motifs (C(OH)–C–C–N with tert-alkyl or cyclic N) is 1. The van der Waals surface area contributed by atoms with Crippen LogP contribution in [0, 0.1) is 5.92 Å². The summed E-state index contributed by atoms with van der Waals surface area (Å²) in [4.78, 5) is 17.3. The number of rotatable bonds is 7. The van der Waals surface area contributed by atoms with Gasteiger partial charge in [-0.15, -0.1) is 0 Å². The van der Waals surface area contributed by atoms with Gasteiger partial charge in [0.1, 0.15) is 18.4 Å². The van der Waals surface area contributed by atoms with E-state index in [9.17, 15) is 9.90 Å². The number of nitrogens with zero attached hydrogens (tertiary/aromatic N) is 2. The van der Waals surface area contributed by atoms with Crippen molar-refractivity contribution in [2.45, 2.75) is 83.0 Å². The highest BCUT2D eigenvalue weighted by atomic mass is 16.6. The van der Waals surface area contributed by atoms with Crippen LogP contribution in [0.4, 0.5) is 4.79 Å². The van der Waals surface area contributed by atoms with Crippen molar-refractivity contribution in [3.05, 3.63) is 35.9 Å². The summed E-state index contributed by atoms with van der Waals surface area (Å²) in [7, 11) is 0. The van der Waals surface area contributed by atoms with Crippen molar-refractivity contribution in [2.24, 2.45) is 5.92 Å². The molecular weight excluding hydrogens is 420 g/mol. The Balaban J connectivity index is 1.49. The molecule has 7 heteroatoms. The van der Waals surface area contributed by atoms with Gasteiger partial charge in [0.2, 0.25) is 0 Å². The summed E-state index contributed by atoms with van der Waals surface area (Å²) in [6.45, 7) is 7.56. The Labute approximate surface area is 198 Å². The topological polar surface area (TPSA) is 71.5 Å². The number of amides is 1. The van der Waals surface area contributed by atoms with Crippen molar-refractivity contribution in [3.8, 4) is 0 Å². The van der Waals surface area contributed by atoms with Crippen LogP contribution in [0.5, 0.6) is 0 Å². The van der Waals surface area contributed by atoms with Crippen LogP contribution in [0.25, 0.3) is 0 Å². The monoisotopic (exact) mass is 460 g/mol. The molecule has 2 saturated heterocycles. The van der Waals surface area contributed by atoms with Crippen LogP contribution < -0.4 is 0 Å². The van der Waals surface area contributed by atoms with Gasteiger partial charge >= 0.3 is 6.09 Å². The van der Waals surface area contributed by atoms with Gasteiger partial charge in [-0.1, -0.05) is 62.4 Å². The van der Waals surface area contributed by atoms with Crippen molar-refractivity contribution >= 4 is 6.09 Å². The molecule has 3 fully saturated rings. The Morgan fingerprint density at radius 2 is 1.85 bits per heavy atom. The Morgan fingerprint density at radius 1 is 1.15 bits per heavy atom. The second-order valence-electron chi connectivity index (χ2n) is 10.2. The first-order valence-corrected chi connectivity index (χ1v) is 12.6. The lowest BCUT2D eigenvalue weighted by atomic mass is 9.82. The fourth-order valence-corrected chi connectivity index (χ4v) is 5.65. The van der Waals surface area contributed by atoms with Crippen LogP contribution in [0.2, 0.25) is 0 Å². The van der Waals surface area contributed by atoms with E-state index >= 15 is 0 Å². The minimum absolute atomic E-state index is 0.206. The number of carbonyl (C=O) groups is 1. The second kappa shape index (κ2) is 11.2. The highest BCUT2D eigenvalue weighted by Gasteiger charge is 2.53. The molecule has 1 N–H and O–H groups in total. The highest BCUT2D eigenvalue weighted by molar-refractivity contribution is 5.69. The number of aliphatic hydroxyl groups is 1. The number of morpholine rings is 1. The van der Waals surface area contributed by atoms with E-state index in [1.165, 1.54) is 32.1 Å². The molecular formula is C26H40N2O5. The third-order valence-corrected chi connectivity index (χ3v) is 7.35. The van der Waals surface area contributed by atoms with Crippen molar-refractivity contribution < 1.29 is 24.1 Å². The van der Waals surface area contributed by atoms with E-state index < -0.39 is 17.9 Å². The number of hydrogen-bond acceptors (Lipinski definition) is 6. The van der Waals surface area contributed by atoms with Gasteiger partial charge in [-0.25, -0.2) is 4.79 Å². The van der Waals surface area contributed by atoms with Gasteiger partial charge in [-0.3, -0.25) is 9.80 Å². The molecule has 33 heavy (non-hydrogen) atoms. The molecule has 0 unspecified atom stereocenters. The first-order chi connectivity index (χ1) is 15.9. The molecule has 1 aliphatic carbocycles. The molecule has 4 rings (SSSR count). The lowest BCUT2D eigenvalue weighted by molar-refractivity contribution is -0.107. The third kappa shape index (κ3) is 6.27. The largest absolute Gasteiger partial charge is 0.444 e. The van der Waals surface area contributed by atoms with Crippen molar-refractivity contribution in [1.82, 2.24) is 9.80 Å². The molecule has 0 aromatic heterocycles. The van der Waals surface area contributed by atoms with Crippen LogP contribution in [-0.4, -0.2) is 77.8 Å². The van der Waals surface area contributed by atoms with Crippen LogP contribution in [0.3, 0.4) is 0 Å². The SMILES string of the molecule is CC1(C)O[C@H]([C@H](O)CN2CCOCC2)[C@H](CC2CCCCC2)N1C(=O)OCc1ccccc1. The summed E-state index contributed by atoms with van der Waals surface area (Å²) in [5.41, 5.74) is 0.112. The summed E-state index contributed by atoms with van der Waals surface area (Å²) in [5, 5.41) is 11.3. The summed E-state index contributed by atoms with van der Waals surface area (Å²) in [6, 6.07) is 9.53. The normalized spacial score (nSPS) is 27.4. The van der Waals surface area contributed by atoms with Crippen molar-refractivity contribution in [2.75, 3.05) is 32.8 Å². The van der Waals surface area contributed by atoms with Crippen LogP contribution in [-0.2, 0) is 20.8 Å². The van der Waals surface area contributed by atoms with E-state index in [4.69, 9.17) is 14.2 Å². The Morgan fingerprint density at radius 3 is 2.55 bits per heavy atom. The van der Waals surface area contributed by atoms with Gasteiger partial charge in [-0.2, -0.15) is 0 Å². The molecule has 1 aromatic carbocycles. The average molecular weight is 461 g/mol. The first-order valence-electron chi connectivity index (χ1n) is 12.6.